The van der Waals surface area contributed by atoms with E-state index >= 15 is 0 Å². The number of likely N-dealkylation sites (N-methyl/N-ethyl adjacent to an activating group) is 1. The van der Waals surface area contributed by atoms with Gasteiger partial charge in [0.2, 0.25) is 0 Å². The van der Waals surface area contributed by atoms with Gasteiger partial charge in [-0.05, 0) is 62.3 Å². The number of rotatable bonds is 6. The van der Waals surface area contributed by atoms with Gasteiger partial charge in [-0.2, -0.15) is 0 Å². The van der Waals surface area contributed by atoms with Gasteiger partial charge in [0.1, 0.15) is 0 Å². The van der Waals surface area contributed by atoms with Gasteiger partial charge in [0.25, 0.3) is 0 Å². The molecule has 2 nitrogen and oxygen atoms in total. The van der Waals surface area contributed by atoms with Gasteiger partial charge in [-0.1, -0.05) is 20.8 Å². The summed E-state index contributed by atoms with van der Waals surface area (Å²) in [6, 6.07) is 0.581. The number of methoxy groups -OCH3 is 1. The Bertz CT molecular complexity index is 241. The van der Waals surface area contributed by atoms with E-state index in [1.165, 1.54) is 32.1 Å². The van der Waals surface area contributed by atoms with Crippen LogP contribution < -0.4 is 5.32 Å². The molecular weight excluding hydrogens is 222 g/mol. The molecule has 0 saturated heterocycles. The van der Waals surface area contributed by atoms with Crippen LogP contribution in [-0.4, -0.2) is 25.8 Å². The smallest absolute Gasteiger partial charge is 0.0755 e. The van der Waals surface area contributed by atoms with Crippen molar-refractivity contribution in [1.82, 2.24) is 5.32 Å². The molecule has 0 amide bonds. The summed E-state index contributed by atoms with van der Waals surface area (Å²) in [7, 11) is 1.91. The Kier molecular flexibility index (Phi) is 5.08. The highest BCUT2D eigenvalue weighted by Gasteiger charge is 2.41. The maximum atomic E-state index is 5.85. The zero-order chi connectivity index (χ0) is 13.1. The zero-order valence-corrected chi connectivity index (χ0v) is 12.6. The highest BCUT2D eigenvalue weighted by molar-refractivity contribution is 4.95. The highest BCUT2D eigenvalue weighted by Crippen LogP contribution is 2.41. The third-order valence-electron chi connectivity index (χ3n) is 4.88. The first-order chi connectivity index (χ1) is 8.65. The average Bonchev–Trinajstić information content (AvgIpc) is 3.12. The summed E-state index contributed by atoms with van der Waals surface area (Å²) in [6.07, 6.45) is 7.38. The highest BCUT2D eigenvalue weighted by atomic mass is 16.5. The van der Waals surface area contributed by atoms with Gasteiger partial charge in [0, 0.05) is 13.2 Å². The lowest BCUT2D eigenvalue weighted by Gasteiger charge is -2.40. The Hall–Kier alpha value is -0.0800. The molecule has 106 valence electrons. The standard InChI is InChI=1S/C16H31NO/c1-5-17-15(16(18-4)13-6-7-13)14-9-11(2)8-12(3)10-14/h11-17H,5-10H2,1-4H3. The van der Waals surface area contributed by atoms with Gasteiger partial charge in [0.05, 0.1) is 6.10 Å². The number of nitrogens with one attached hydrogen (secondary N) is 1. The molecule has 0 aromatic carbocycles. The van der Waals surface area contributed by atoms with Crippen molar-refractivity contribution in [2.75, 3.05) is 13.7 Å². The van der Waals surface area contributed by atoms with Crippen molar-refractivity contribution in [3.63, 3.8) is 0 Å². The van der Waals surface area contributed by atoms with Crippen molar-refractivity contribution in [3.8, 4) is 0 Å². The van der Waals surface area contributed by atoms with Gasteiger partial charge >= 0.3 is 0 Å². The van der Waals surface area contributed by atoms with Crippen LogP contribution in [0.2, 0.25) is 0 Å². The van der Waals surface area contributed by atoms with Crippen molar-refractivity contribution >= 4 is 0 Å². The SMILES string of the molecule is CCNC(C1CC(C)CC(C)C1)C(OC)C1CC1. The third kappa shape index (κ3) is 3.48. The third-order valence-corrected chi connectivity index (χ3v) is 4.88. The summed E-state index contributed by atoms with van der Waals surface area (Å²) in [5.41, 5.74) is 0. The molecule has 2 heteroatoms. The predicted molar refractivity (Wildman–Crippen MR) is 76.7 cm³/mol. The predicted octanol–water partition coefficient (Wildman–Crippen LogP) is 3.46. The topological polar surface area (TPSA) is 21.3 Å². The lowest BCUT2D eigenvalue weighted by atomic mass is 9.72. The second kappa shape index (κ2) is 6.38. The Labute approximate surface area is 113 Å². The molecule has 2 saturated carbocycles. The van der Waals surface area contributed by atoms with Gasteiger partial charge in [-0.25, -0.2) is 0 Å². The van der Waals surface area contributed by atoms with Crippen LogP contribution >= 0.6 is 0 Å². The summed E-state index contributed by atoms with van der Waals surface area (Å²) in [4.78, 5) is 0. The number of hydrogen-bond donors (Lipinski definition) is 1. The minimum Gasteiger partial charge on any atom is -0.380 e. The van der Waals surface area contributed by atoms with Crippen molar-refractivity contribution in [1.29, 1.82) is 0 Å². The van der Waals surface area contributed by atoms with E-state index in [1.54, 1.807) is 0 Å². The van der Waals surface area contributed by atoms with Crippen molar-refractivity contribution in [2.45, 2.75) is 65.0 Å². The van der Waals surface area contributed by atoms with Crippen molar-refractivity contribution < 1.29 is 4.74 Å². The van der Waals surface area contributed by atoms with Crippen LogP contribution in [0.1, 0.15) is 52.9 Å². The fraction of sp³-hybridized carbons (Fsp3) is 1.00. The lowest BCUT2D eigenvalue weighted by molar-refractivity contribution is 0.0151. The van der Waals surface area contributed by atoms with Gasteiger partial charge in [-0.15, -0.1) is 0 Å². The first-order valence-electron chi connectivity index (χ1n) is 7.91. The molecule has 18 heavy (non-hydrogen) atoms. The maximum Gasteiger partial charge on any atom is 0.0755 e. The minimum atomic E-state index is 0.451. The van der Waals surface area contributed by atoms with E-state index in [9.17, 15) is 0 Å². The lowest BCUT2D eigenvalue weighted by Crippen LogP contribution is -2.49. The molecule has 2 aliphatic rings. The number of hydrogen-bond acceptors (Lipinski definition) is 2. The molecule has 4 unspecified atom stereocenters. The van der Waals surface area contributed by atoms with Crippen LogP contribution in [0.15, 0.2) is 0 Å². The van der Waals surface area contributed by atoms with Gasteiger partial charge in [0.15, 0.2) is 0 Å². The molecular formula is C16H31NO. The molecule has 0 radical (unpaired) electrons. The van der Waals surface area contributed by atoms with Crippen LogP contribution in [0, 0.1) is 23.7 Å². The summed E-state index contributed by atoms with van der Waals surface area (Å²) in [5.74, 6) is 3.41. The summed E-state index contributed by atoms with van der Waals surface area (Å²) >= 11 is 0. The quantitative estimate of drug-likeness (QED) is 0.782. The van der Waals surface area contributed by atoms with Crippen LogP contribution in [0.4, 0.5) is 0 Å². The molecule has 0 spiro atoms. The van der Waals surface area contributed by atoms with Crippen LogP contribution in [0.3, 0.4) is 0 Å². The second-order valence-electron chi connectivity index (χ2n) is 6.80. The zero-order valence-electron chi connectivity index (χ0n) is 12.6. The first kappa shape index (κ1) is 14.3. The first-order valence-corrected chi connectivity index (χ1v) is 7.91. The Morgan fingerprint density at radius 3 is 2.11 bits per heavy atom. The summed E-state index contributed by atoms with van der Waals surface area (Å²) in [6.45, 7) is 8.13. The average molecular weight is 253 g/mol. The van der Waals surface area contributed by atoms with Crippen LogP contribution in [-0.2, 0) is 4.74 Å². The molecule has 2 fully saturated rings. The fourth-order valence-corrected chi connectivity index (χ4v) is 4.15. The molecule has 0 aliphatic heterocycles. The van der Waals surface area contributed by atoms with E-state index in [0.717, 1.165) is 30.2 Å². The van der Waals surface area contributed by atoms with E-state index in [0.29, 0.717) is 12.1 Å². The van der Waals surface area contributed by atoms with E-state index in [2.05, 4.69) is 26.1 Å². The second-order valence-corrected chi connectivity index (χ2v) is 6.80. The van der Waals surface area contributed by atoms with Crippen LogP contribution in [0.5, 0.6) is 0 Å². The maximum absolute atomic E-state index is 5.85. The van der Waals surface area contributed by atoms with E-state index in [-0.39, 0.29) is 0 Å². The molecule has 2 aliphatic carbocycles. The summed E-state index contributed by atoms with van der Waals surface area (Å²) < 4.78 is 5.85. The van der Waals surface area contributed by atoms with E-state index in [4.69, 9.17) is 4.74 Å². The van der Waals surface area contributed by atoms with E-state index in [1.807, 2.05) is 7.11 Å². The van der Waals surface area contributed by atoms with E-state index < -0.39 is 0 Å². The molecule has 0 bridgehead atoms. The molecule has 0 aromatic rings. The minimum absolute atomic E-state index is 0.451. The van der Waals surface area contributed by atoms with Crippen molar-refractivity contribution in [2.24, 2.45) is 23.7 Å². The number of ether oxygens (including phenoxy) is 1. The van der Waals surface area contributed by atoms with Gasteiger partial charge in [-0.3, -0.25) is 0 Å². The molecule has 0 aromatic heterocycles. The largest absolute Gasteiger partial charge is 0.380 e. The molecule has 2 rings (SSSR count). The Morgan fingerprint density at radius 2 is 1.67 bits per heavy atom. The Morgan fingerprint density at radius 1 is 1.06 bits per heavy atom. The molecule has 4 atom stereocenters. The fourth-order valence-electron chi connectivity index (χ4n) is 4.15. The monoisotopic (exact) mass is 253 g/mol. The summed E-state index contributed by atoms with van der Waals surface area (Å²) in [5, 5.41) is 3.74. The molecule has 1 N–H and O–H groups in total. The van der Waals surface area contributed by atoms with Crippen LogP contribution in [0.25, 0.3) is 0 Å². The molecule has 0 heterocycles. The van der Waals surface area contributed by atoms with Crippen molar-refractivity contribution in [3.05, 3.63) is 0 Å². The Balaban J connectivity index is 2.02. The van der Waals surface area contributed by atoms with Gasteiger partial charge < -0.3 is 10.1 Å². The normalized spacial score (nSPS) is 36.3.